The maximum atomic E-state index is 5.72. The van der Waals surface area contributed by atoms with Crippen molar-refractivity contribution < 1.29 is 9.47 Å². The molecule has 0 aliphatic carbocycles. The molecule has 0 saturated carbocycles. The maximum Gasteiger partial charge on any atom is 0.206 e. The summed E-state index contributed by atoms with van der Waals surface area (Å²) in [7, 11) is -2.41. The quantitative estimate of drug-likeness (QED) is 0.148. The van der Waals surface area contributed by atoms with Gasteiger partial charge in [-0.25, -0.2) is 4.98 Å². The van der Waals surface area contributed by atoms with Crippen LogP contribution in [-0.2, 0) is 6.17 Å². The van der Waals surface area contributed by atoms with Gasteiger partial charge in [-0.3, -0.25) is 0 Å². The minimum absolute atomic E-state index is 0.484. The molecule has 5 aromatic carbocycles. The number of nitrogens with zero attached hydrogens (tertiary/aromatic N) is 2. The van der Waals surface area contributed by atoms with E-state index in [1.165, 1.54) is 26.5 Å². The molecular weight excluding hydrogens is 567 g/mol. The fraction of sp³-hybridized carbons (Fsp3) is 0.154. The zero-order chi connectivity index (χ0) is 31.3. The average molecular weight is 609 g/mol. The lowest BCUT2D eigenvalue weighted by molar-refractivity contribution is 0.340. The van der Waals surface area contributed by atoms with Crippen LogP contribution in [0.2, 0.25) is 6.82 Å². The smallest absolute Gasteiger partial charge is 0.206 e. The van der Waals surface area contributed by atoms with Gasteiger partial charge >= 0.3 is 0 Å². The van der Waals surface area contributed by atoms with Crippen LogP contribution in [0.4, 0.5) is 0 Å². The highest BCUT2D eigenvalue weighted by molar-refractivity contribution is 7.10. The third kappa shape index (κ3) is 7.83. The lowest BCUT2D eigenvalue weighted by Gasteiger charge is -2.34. The van der Waals surface area contributed by atoms with Crippen molar-refractivity contribution in [3.8, 4) is 11.5 Å². The molecule has 6 rings (SSSR count). The van der Waals surface area contributed by atoms with Crippen molar-refractivity contribution in [3.63, 3.8) is 0 Å². The minimum Gasteiger partial charge on any atom is -0.494 e. The minimum atomic E-state index is -2.41. The molecule has 0 spiro atoms. The normalized spacial score (nSPS) is 10.8. The van der Waals surface area contributed by atoms with Crippen LogP contribution >= 0.6 is 0 Å². The number of benzene rings is 5. The van der Waals surface area contributed by atoms with Crippen LogP contribution in [0.25, 0.3) is 0 Å². The molecule has 1 heterocycles. The average Bonchev–Trinajstić information content (AvgIpc) is 3.63. The van der Waals surface area contributed by atoms with Crippen molar-refractivity contribution in [2.24, 2.45) is 0 Å². The van der Waals surface area contributed by atoms with Crippen LogP contribution in [0.5, 0.6) is 11.5 Å². The van der Waals surface area contributed by atoms with E-state index >= 15 is 0 Å². The molecule has 0 aliphatic heterocycles. The molecule has 0 fully saturated rings. The van der Waals surface area contributed by atoms with Gasteiger partial charge in [-0.05, 0) is 53.7 Å². The largest absolute Gasteiger partial charge is 0.494 e. The van der Waals surface area contributed by atoms with Crippen LogP contribution < -0.4 is 36.0 Å². The van der Waals surface area contributed by atoms with E-state index in [0.717, 1.165) is 17.7 Å². The number of rotatable bonds is 11. The number of aromatic nitrogens is 2. The lowest BCUT2D eigenvalue weighted by atomic mass is 9.43. The summed E-state index contributed by atoms with van der Waals surface area (Å²) in [6.07, 6.45) is 6.67. The molecule has 0 unspecified atom stereocenters. The van der Waals surface area contributed by atoms with Gasteiger partial charge in [0.1, 0.15) is 11.5 Å². The Morgan fingerprint density at radius 2 is 1.00 bits per heavy atom. The van der Waals surface area contributed by atoms with Crippen LogP contribution in [-0.4, -0.2) is 37.6 Å². The highest BCUT2D eigenvalue weighted by atomic mass is 28.3. The topological polar surface area (TPSA) is 36.3 Å². The monoisotopic (exact) mass is 608 g/mol. The lowest BCUT2D eigenvalue weighted by Crippen LogP contribution is -2.69. The van der Waals surface area contributed by atoms with Gasteiger partial charge in [-0.1, -0.05) is 133 Å². The summed E-state index contributed by atoms with van der Waals surface area (Å²) in [5.41, 5.74) is 2.75. The molecule has 45 heavy (non-hydrogen) atoms. The third-order valence-electron chi connectivity index (χ3n) is 8.16. The van der Waals surface area contributed by atoms with Gasteiger partial charge in [0, 0.05) is 18.6 Å². The molecule has 1 aromatic heterocycles. The first-order chi connectivity index (χ1) is 22.1. The first-order valence-corrected chi connectivity index (χ1v) is 17.9. The summed E-state index contributed by atoms with van der Waals surface area (Å²) in [5, 5.41) is 4.03. The Hall–Kier alpha value is -4.81. The van der Waals surface area contributed by atoms with Crippen LogP contribution in [0.15, 0.2) is 158 Å². The summed E-state index contributed by atoms with van der Waals surface area (Å²) in [5.74, 6) is 1.80. The number of imidazole rings is 1. The van der Waals surface area contributed by atoms with Crippen LogP contribution in [0.1, 0.15) is 13.8 Å². The van der Waals surface area contributed by atoms with Gasteiger partial charge < -0.3 is 14.0 Å². The van der Waals surface area contributed by atoms with Crippen molar-refractivity contribution in [2.75, 3.05) is 13.2 Å². The highest BCUT2D eigenvalue weighted by Gasteiger charge is 2.40. The van der Waals surface area contributed by atoms with Crippen LogP contribution in [0.3, 0.4) is 0 Å². The Labute approximate surface area is 269 Å². The van der Waals surface area contributed by atoms with Gasteiger partial charge in [0.05, 0.1) is 19.5 Å². The Balaban J connectivity index is 0.000000238. The Morgan fingerprint density at radius 3 is 1.40 bits per heavy atom. The first-order valence-electron chi connectivity index (χ1n) is 15.7. The molecular formula is C39H41BN2O2Si. The number of hydrogen-bond donors (Lipinski definition) is 0. The standard InChI is InChI=1S/C26H28N2O2Si.C13H13B/c1-3-29-22-10-14-25(15-11-22)31(21-28-19-18-27-20-28,24-8-6-5-7-9-24)26-16-12-23(13-17-26)30-4-2;1-14(12-8-4-2-5-9-12)13-10-6-3-7-11-13/h5-20H,3-4,21H2,1-2H3;2-11H,1H3. The third-order valence-corrected chi connectivity index (χ3v) is 13.0. The SMILES string of the molecule is CB(c1ccccc1)c1ccccc1.CCOc1ccc([Si](Cn2ccnc2)(c2ccccc2)c2ccc(OCC)cc2)cc1. The van der Waals surface area contributed by atoms with E-state index in [4.69, 9.17) is 9.47 Å². The molecule has 0 radical (unpaired) electrons. The summed E-state index contributed by atoms with van der Waals surface area (Å²) in [6.45, 7) is 8.07. The molecule has 0 saturated heterocycles. The van der Waals surface area contributed by atoms with Crippen molar-refractivity contribution in [1.29, 1.82) is 0 Å². The molecule has 4 nitrogen and oxygen atoms in total. The zero-order valence-corrected chi connectivity index (χ0v) is 27.4. The van der Waals surface area contributed by atoms with E-state index in [1.807, 2.05) is 32.6 Å². The molecule has 6 aromatic rings. The van der Waals surface area contributed by atoms with Crippen molar-refractivity contribution in [3.05, 3.63) is 158 Å². The Kier molecular flexibility index (Phi) is 11.1. The van der Waals surface area contributed by atoms with Gasteiger partial charge in [0.15, 0.2) is 8.07 Å². The fourth-order valence-electron chi connectivity index (χ4n) is 5.83. The maximum absolute atomic E-state index is 5.72. The van der Waals surface area contributed by atoms with Crippen molar-refractivity contribution in [1.82, 2.24) is 9.55 Å². The van der Waals surface area contributed by atoms with Crippen molar-refractivity contribution >= 4 is 41.3 Å². The molecule has 6 heteroatoms. The molecule has 0 aliphatic rings. The summed E-state index contributed by atoms with van der Waals surface area (Å²) >= 11 is 0. The number of hydrogen-bond acceptors (Lipinski definition) is 3. The van der Waals surface area contributed by atoms with E-state index in [9.17, 15) is 0 Å². The van der Waals surface area contributed by atoms with Gasteiger partial charge in [-0.15, -0.1) is 0 Å². The van der Waals surface area contributed by atoms with Crippen molar-refractivity contribution in [2.45, 2.75) is 26.8 Å². The number of ether oxygens (including phenoxy) is 2. The van der Waals surface area contributed by atoms with E-state index in [1.54, 1.807) is 0 Å². The second-order valence-electron chi connectivity index (χ2n) is 11.0. The van der Waals surface area contributed by atoms with E-state index in [-0.39, 0.29) is 0 Å². The fourth-order valence-corrected chi connectivity index (χ4v) is 10.3. The second-order valence-corrected chi connectivity index (χ2v) is 14.8. The molecule has 0 bridgehead atoms. The molecule has 226 valence electrons. The summed E-state index contributed by atoms with van der Waals surface area (Å²) in [4.78, 5) is 4.31. The van der Waals surface area contributed by atoms with Crippen LogP contribution in [0, 0.1) is 0 Å². The molecule has 0 atom stereocenters. The second kappa shape index (κ2) is 15.8. The van der Waals surface area contributed by atoms with E-state index < -0.39 is 8.07 Å². The van der Waals surface area contributed by atoms with E-state index in [2.05, 4.69) is 156 Å². The zero-order valence-electron chi connectivity index (χ0n) is 26.4. The van der Waals surface area contributed by atoms with Gasteiger partial charge in [-0.2, -0.15) is 0 Å². The first kappa shape index (κ1) is 31.6. The van der Waals surface area contributed by atoms with E-state index in [0.29, 0.717) is 19.9 Å². The predicted molar refractivity (Wildman–Crippen MR) is 192 cm³/mol. The highest BCUT2D eigenvalue weighted by Crippen LogP contribution is 2.17. The predicted octanol–water partition coefficient (Wildman–Crippen LogP) is 5.32. The molecule has 0 N–H and O–H groups in total. The summed E-state index contributed by atoms with van der Waals surface area (Å²) < 4.78 is 13.6. The van der Waals surface area contributed by atoms with Gasteiger partial charge in [0.2, 0.25) is 6.71 Å². The Morgan fingerprint density at radius 1 is 0.578 bits per heavy atom. The molecule has 0 amide bonds. The van der Waals surface area contributed by atoms with Gasteiger partial charge in [0.25, 0.3) is 0 Å². The Bertz CT molecular complexity index is 1590. The summed E-state index contributed by atoms with van der Waals surface area (Å²) in [6, 6.07) is 49.4.